The van der Waals surface area contributed by atoms with Gasteiger partial charge in [0.2, 0.25) is 5.88 Å². The lowest BCUT2D eigenvalue weighted by Gasteiger charge is -2.03. The highest BCUT2D eigenvalue weighted by Crippen LogP contribution is 2.24. The summed E-state index contributed by atoms with van der Waals surface area (Å²) < 4.78 is 0. The van der Waals surface area contributed by atoms with E-state index >= 15 is 0 Å². The zero-order chi connectivity index (χ0) is 15.7. The van der Waals surface area contributed by atoms with Gasteiger partial charge in [-0.2, -0.15) is 4.98 Å². The van der Waals surface area contributed by atoms with E-state index in [4.69, 9.17) is 5.41 Å². The van der Waals surface area contributed by atoms with Crippen molar-refractivity contribution >= 4 is 5.71 Å². The molecule has 0 saturated carbocycles. The van der Waals surface area contributed by atoms with Gasteiger partial charge in [-0.25, -0.2) is 0 Å². The molecule has 2 aromatic carbocycles. The molecule has 0 fully saturated rings. The van der Waals surface area contributed by atoms with E-state index in [0.717, 1.165) is 22.3 Å². The molecule has 1 heterocycles. The van der Waals surface area contributed by atoms with E-state index in [1.807, 2.05) is 62.4 Å². The molecule has 0 aliphatic heterocycles. The number of H-pyrrole nitrogens is 1. The zero-order valence-corrected chi connectivity index (χ0v) is 12.5. The van der Waals surface area contributed by atoms with E-state index in [-0.39, 0.29) is 11.6 Å². The van der Waals surface area contributed by atoms with Crippen molar-refractivity contribution in [2.75, 3.05) is 0 Å². The Morgan fingerprint density at radius 3 is 2.41 bits per heavy atom. The highest BCUT2D eigenvalue weighted by atomic mass is 16.3. The number of aromatic nitrogens is 2. The lowest BCUT2D eigenvalue weighted by molar-refractivity contribution is 0.455. The molecule has 0 radical (unpaired) electrons. The molecule has 0 spiro atoms. The van der Waals surface area contributed by atoms with Crippen LogP contribution in [0.4, 0.5) is 0 Å². The van der Waals surface area contributed by atoms with E-state index in [1.54, 1.807) is 0 Å². The molecule has 0 amide bonds. The normalized spacial score (nSPS) is 10.6. The first-order valence-electron chi connectivity index (χ1n) is 7.06. The Kier molecular flexibility index (Phi) is 3.51. The van der Waals surface area contributed by atoms with E-state index in [0.29, 0.717) is 11.5 Å². The van der Waals surface area contributed by atoms with Gasteiger partial charge in [-0.1, -0.05) is 47.5 Å². The summed E-state index contributed by atoms with van der Waals surface area (Å²) in [4.78, 5) is 7.21. The third kappa shape index (κ3) is 2.63. The van der Waals surface area contributed by atoms with Gasteiger partial charge in [-0.3, -0.25) is 5.41 Å². The topological polar surface area (TPSA) is 72.8 Å². The van der Waals surface area contributed by atoms with Crippen molar-refractivity contribution in [3.8, 4) is 17.3 Å². The molecule has 0 atom stereocenters. The van der Waals surface area contributed by atoms with Crippen LogP contribution in [-0.4, -0.2) is 20.8 Å². The van der Waals surface area contributed by atoms with Crippen molar-refractivity contribution in [1.29, 1.82) is 5.41 Å². The number of aryl methyl sites for hydroxylation is 2. The van der Waals surface area contributed by atoms with Crippen LogP contribution in [0.5, 0.6) is 5.88 Å². The molecular weight excluding hydrogens is 274 g/mol. The molecule has 0 aliphatic carbocycles. The maximum absolute atomic E-state index is 10.1. The predicted octanol–water partition coefficient (Wildman–Crippen LogP) is 3.82. The molecule has 1 aromatic heterocycles. The number of nitrogens with zero attached hydrogens (tertiary/aromatic N) is 1. The molecule has 0 bridgehead atoms. The van der Waals surface area contributed by atoms with Crippen LogP contribution in [0.3, 0.4) is 0 Å². The van der Waals surface area contributed by atoms with Crippen LogP contribution >= 0.6 is 0 Å². The minimum Gasteiger partial charge on any atom is -0.492 e. The Balaban J connectivity index is 2.01. The van der Waals surface area contributed by atoms with Crippen molar-refractivity contribution < 1.29 is 5.11 Å². The number of hydrogen-bond acceptors (Lipinski definition) is 3. The number of aromatic amines is 1. The monoisotopic (exact) mass is 291 g/mol. The zero-order valence-electron chi connectivity index (χ0n) is 12.5. The average molecular weight is 291 g/mol. The van der Waals surface area contributed by atoms with Crippen molar-refractivity contribution in [2.45, 2.75) is 13.8 Å². The fourth-order valence-corrected chi connectivity index (χ4v) is 2.41. The van der Waals surface area contributed by atoms with E-state index in [2.05, 4.69) is 9.97 Å². The van der Waals surface area contributed by atoms with Gasteiger partial charge in [-0.15, -0.1) is 0 Å². The summed E-state index contributed by atoms with van der Waals surface area (Å²) >= 11 is 0. The first-order valence-corrected chi connectivity index (χ1v) is 7.06. The van der Waals surface area contributed by atoms with E-state index < -0.39 is 0 Å². The van der Waals surface area contributed by atoms with Crippen molar-refractivity contribution in [1.82, 2.24) is 9.97 Å². The number of benzene rings is 2. The van der Waals surface area contributed by atoms with Crippen LogP contribution in [0.1, 0.15) is 22.4 Å². The molecule has 22 heavy (non-hydrogen) atoms. The minimum atomic E-state index is -0.150. The number of hydrogen-bond donors (Lipinski definition) is 3. The number of rotatable bonds is 3. The second-order valence-electron chi connectivity index (χ2n) is 5.40. The Morgan fingerprint density at radius 1 is 1.05 bits per heavy atom. The number of aromatic hydroxyl groups is 1. The third-order valence-electron chi connectivity index (χ3n) is 3.53. The van der Waals surface area contributed by atoms with Crippen LogP contribution in [0.15, 0.2) is 48.5 Å². The van der Waals surface area contributed by atoms with Crippen molar-refractivity contribution in [2.24, 2.45) is 0 Å². The quantitative estimate of drug-likeness (QED) is 0.642. The maximum atomic E-state index is 10.1. The van der Waals surface area contributed by atoms with Crippen LogP contribution < -0.4 is 0 Å². The molecule has 0 saturated heterocycles. The van der Waals surface area contributed by atoms with Crippen LogP contribution in [0, 0.1) is 19.3 Å². The standard InChI is InChI=1S/C18H17N3O/c1-11-5-3-7-13(9-11)15(19)16-18(22)21-17(20-16)14-8-4-6-12(2)10-14/h3-10,19,22H,1-2H3,(H,20,21). The van der Waals surface area contributed by atoms with Crippen molar-refractivity contribution in [3.05, 3.63) is 70.9 Å². The SMILES string of the molecule is Cc1cccc(C(=N)c2[nH]c(-c3cccc(C)c3)nc2O)c1. The predicted molar refractivity (Wildman–Crippen MR) is 87.5 cm³/mol. The highest BCUT2D eigenvalue weighted by molar-refractivity contribution is 6.11. The summed E-state index contributed by atoms with van der Waals surface area (Å²) in [5, 5.41) is 18.4. The molecule has 0 unspecified atom stereocenters. The number of nitrogens with one attached hydrogen (secondary N) is 2. The summed E-state index contributed by atoms with van der Waals surface area (Å²) in [5.41, 5.74) is 4.38. The summed E-state index contributed by atoms with van der Waals surface area (Å²) in [6.45, 7) is 3.98. The molecular formula is C18H17N3O. The second kappa shape index (κ2) is 5.48. The fourth-order valence-electron chi connectivity index (χ4n) is 2.41. The first kappa shape index (κ1) is 14.1. The molecule has 4 heteroatoms. The number of imidazole rings is 1. The summed E-state index contributed by atoms with van der Waals surface area (Å²) in [6, 6.07) is 15.5. The Morgan fingerprint density at radius 2 is 1.73 bits per heavy atom. The largest absolute Gasteiger partial charge is 0.492 e. The summed E-state index contributed by atoms with van der Waals surface area (Å²) in [6.07, 6.45) is 0. The fraction of sp³-hybridized carbons (Fsp3) is 0.111. The van der Waals surface area contributed by atoms with Crippen LogP contribution in [-0.2, 0) is 0 Å². The summed E-state index contributed by atoms with van der Waals surface area (Å²) in [7, 11) is 0. The maximum Gasteiger partial charge on any atom is 0.239 e. The van der Waals surface area contributed by atoms with Gasteiger partial charge in [0.25, 0.3) is 0 Å². The van der Waals surface area contributed by atoms with Crippen LogP contribution in [0.2, 0.25) is 0 Å². The molecule has 110 valence electrons. The van der Waals surface area contributed by atoms with Gasteiger partial charge < -0.3 is 10.1 Å². The van der Waals surface area contributed by atoms with Crippen molar-refractivity contribution in [3.63, 3.8) is 0 Å². The van der Waals surface area contributed by atoms with Gasteiger partial charge in [0.15, 0.2) is 0 Å². The average Bonchev–Trinajstić information content (AvgIpc) is 2.88. The van der Waals surface area contributed by atoms with E-state index in [1.165, 1.54) is 0 Å². The minimum absolute atomic E-state index is 0.150. The second-order valence-corrected chi connectivity index (χ2v) is 5.40. The molecule has 4 nitrogen and oxygen atoms in total. The lowest BCUT2D eigenvalue weighted by atomic mass is 10.1. The van der Waals surface area contributed by atoms with Gasteiger partial charge >= 0.3 is 0 Å². The highest BCUT2D eigenvalue weighted by Gasteiger charge is 2.16. The lowest BCUT2D eigenvalue weighted by Crippen LogP contribution is -2.02. The van der Waals surface area contributed by atoms with Gasteiger partial charge in [0.05, 0.1) is 5.71 Å². The Hall–Kier alpha value is -2.88. The van der Waals surface area contributed by atoms with Gasteiger partial charge in [0, 0.05) is 11.1 Å². The first-order chi connectivity index (χ1) is 10.5. The Bertz CT molecular complexity index is 849. The molecule has 3 aromatic rings. The molecule has 0 aliphatic rings. The Labute approximate surface area is 129 Å². The van der Waals surface area contributed by atoms with Gasteiger partial charge in [-0.05, 0) is 26.0 Å². The van der Waals surface area contributed by atoms with Crippen LogP contribution in [0.25, 0.3) is 11.4 Å². The third-order valence-corrected chi connectivity index (χ3v) is 3.53. The molecule has 3 N–H and O–H groups in total. The van der Waals surface area contributed by atoms with Gasteiger partial charge in [0.1, 0.15) is 11.5 Å². The summed E-state index contributed by atoms with van der Waals surface area (Å²) in [5.74, 6) is 0.414. The smallest absolute Gasteiger partial charge is 0.239 e. The molecule has 3 rings (SSSR count). The van der Waals surface area contributed by atoms with E-state index in [9.17, 15) is 5.11 Å².